The maximum Gasteiger partial charge on any atom is 0.131 e. The van der Waals surface area contributed by atoms with Crippen LogP contribution in [0.2, 0.25) is 0 Å². The monoisotopic (exact) mass is 456 g/mol. The number of unbranched alkanes of at least 4 members (excludes halogenated alkanes) is 1. The summed E-state index contributed by atoms with van der Waals surface area (Å²) in [6, 6.07) is 2.76. The molecule has 0 bridgehead atoms. The van der Waals surface area contributed by atoms with Gasteiger partial charge in [-0.2, -0.15) is 0 Å². The highest BCUT2D eigenvalue weighted by Crippen LogP contribution is 2.23. The molecule has 0 amide bonds. The van der Waals surface area contributed by atoms with Crippen molar-refractivity contribution in [1.29, 1.82) is 0 Å². The third-order valence-corrected chi connectivity index (χ3v) is 6.35. The fourth-order valence-electron chi connectivity index (χ4n) is 3.50. The Morgan fingerprint density at radius 3 is 2.50 bits per heavy atom. The molecule has 7 heteroatoms. The Bertz CT molecular complexity index is 1130. The molecule has 0 fully saturated rings. The maximum absolute atomic E-state index is 14.7. The number of allylic oxidation sites excluding steroid dienone is 2. The highest BCUT2D eigenvalue weighted by molar-refractivity contribution is 7.10. The fraction of sp³-hybridized carbons (Fsp3) is 0.400. The van der Waals surface area contributed by atoms with Crippen LogP contribution in [0.1, 0.15) is 37.1 Å². The van der Waals surface area contributed by atoms with Crippen molar-refractivity contribution in [2.45, 2.75) is 39.5 Å². The molecule has 0 atom stereocenters. The molecule has 32 heavy (non-hydrogen) atoms. The number of halogens is 2. The Morgan fingerprint density at radius 1 is 1.03 bits per heavy atom. The number of rotatable bonds is 11. The number of nitrogens with one attached hydrogen (secondary N) is 3. The van der Waals surface area contributed by atoms with Crippen LogP contribution >= 0.6 is 11.3 Å². The molecule has 2 heterocycles. The highest BCUT2D eigenvalue weighted by atomic mass is 32.1. The van der Waals surface area contributed by atoms with Gasteiger partial charge in [-0.3, -0.25) is 0 Å². The molecular weight excluding hydrogens is 426 g/mol. The van der Waals surface area contributed by atoms with Gasteiger partial charge >= 0.3 is 0 Å². The van der Waals surface area contributed by atoms with E-state index in [1.54, 1.807) is 6.08 Å². The van der Waals surface area contributed by atoms with E-state index in [1.807, 2.05) is 20.0 Å². The number of benzene rings is 1. The lowest BCUT2D eigenvalue weighted by atomic mass is 10.1. The van der Waals surface area contributed by atoms with Gasteiger partial charge < -0.3 is 16.0 Å². The molecule has 1 aliphatic rings. The normalized spacial score (nSPS) is 16.1. The number of hydrogen-bond acceptors (Lipinski definition) is 5. The molecule has 3 rings (SSSR count). The number of fused-ring (bicyclic) bond motifs is 1. The van der Waals surface area contributed by atoms with Crippen LogP contribution in [0, 0.1) is 23.5 Å². The first-order valence-electron chi connectivity index (χ1n) is 11.0. The lowest BCUT2D eigenvalue weighted by molar-refractivity contribution is 0.555. The molecule has 1 aromatic heterocycles. The molecular formula is C25H30F2N4S. The van der Waals surface area contributed by atoms with Gasteiger partial charge in [0.15, 0.2) is 0 Å². The third-order valence-electron chi connectivity index (χ3n) is 5.19. The van der Waals surface area contributed by atoms with Crippen molar-refractivity contribution in [3.05, 3.63) is 55.9 Å². The van der Waals surface area contributed by atoms with E-state index in [4.69, 9.17) is 0 Å². The fourth-order valence-corrected chi connectivity index (χ4v) is 4.72. The van der Waals surface area contributed by atoms with E-state index in [0.29, 0.717) is 18.7 Å². The van der Waals surface area contributed by atoms with E-state index >= 15 is 0 Å². The molecule has 4 nitrogen and oxygen atoms in total. The zero-order valence-electron chi connectivity index (χ0n) is 18.9. The summed E-state index contributed by atoms with van der Waals surface area (Å²) in [5.41, 5.74) is 2.33. The molecule has 170 valence electrons. The number of hydrogen-bond donors (Lipinski definition) is 3. The number of nitrogens with zero attached hydrogens (tertiary/aromatic N) is 1. The lowest BCUT2D eigenvalue weighted by Crippen LogP contribution is -2.23. The van der Waals surface area contributed by atoms with E-state index in [2.05, 4.69) is 39.7 Å². The molecule has 1 aliphatic heterocycles. The molecule has 0 spiro atoms. The van der Waals surface area contributed by atoms with Crippen LogP contribution in [0.25, 0.3) is 6.08 Å². The quantitative estimate of drug-likeness (QED) is 0.354. The van der Waals surface area contributed by atoms with Gasteiger partial charge in [-0.1, -0.05) is 25.2 Å². The van der Waals surface area contributed by atoms with Crippen molar-refractivity contribution in [2.75, 3.05) is 37.3 Å². The summed E-state index contributed by atoms with van der Waals surface area (Å²) in [5, 5.41) is 10.5. The zero-order chi connectivity index (χ0) is 22.9. The Hall–Kier alpha value is -2.69. The summed E-state index contributed by atoms with van der Waals surface area (Å²) >= 11 is 1.53. The molecule has 3 N–H and O–H groups in total. The molecule has 0 saturated carbocycles. The smallest absolute Gasteiger partial charge is 0.131 e. The lowest BCUT2D eigenvalue weighted by Gasteiger charge is -2.11. The summed E-state index contributed by atoms with van der Waals surface area (Å²) in [6.07, 6.45) is 6.66. The van der Waals surface area contributed by atoms with Crippen LogP contribution in [0.3, 0.4) is 0 Å². The van der Waals surface area contributed by atoms with Gasteiger partial charge in [0.1, 0.15) is 16.3 Å². The molecule has 0 aliphatic carbocycles. The SMILES string of the molecule is CCCCNCCNc1cc(F)c(CCc2sc3/c(c2NC)=C\C#C\C=C(C)/N=3)c(F)c1. The first-order valence-corrected chi connectivity index (χ1v) is 11.8. The molecule has 1 aromatic carbocycles. The summed E-state index contributed by atoms with van der Waals surface area (Å²) in [5.74, 6) is 4.92. The molecule has 0 radical (unpaired) electrons. The minimum absolute atomic E-state index is 0.108. The van der Waals surface area contributed by atoms with Crippen molar-refractivity contribution in [2.24, 2.45) is 4.99 Å². The maximum atomic E-state index is 14.7. The second-order valence-corrected chi connectivity index (χ2v) is 8.73. The van der Waals surface area contributed by atoms with Gasteiger partial charge in [0.2, 0.25) is 0 Å². The summed E-state index contributed by atoms with van der Waals surface area (Å²) in [4.78, 5) is 5.63. The minimum Gasteiger partial charge on any atom is -0.387 e. The Balaban J connectivity index is 1.71. The predicted octanol–water partition coefficient (Wildman–Crippen LogP) is 3.98. The zero-order valence-corrected chi connectivity index (χ0v) is 19.7. The van der Waals surface area contributed by atoms with Gasteiger partial charge in [-0.25, -0.2) is 13.8 Å². The van der Waals surface area contributed by atoms with E-state index in [1.165, 1.54) is 23.5 Å². The topological polar surface area (TPSA) is 48.4 Å². The Labute approximate surface area is 192 Å². The van der Waals surface area contributed by atoms with Crippen LogP contribution in [0.15, 0.2) is 28.9 Å². The van der Waals surface area contributed by atoms with Crippen molar-refractivity contribution < 1.29 is 8.78 Å². The van der Waals surface area contributed by atoms with Gasteiger partial charge in [-0.05, 0) is 44.9 Å². The van der Waals surface area contributed by atoms with Crippen molar-refractivity contribution >= 4 is 28.8 Å². The minimum atomic E-state index is -0.520. The van der Waals surface area contributed by atoms with Crippen LogP contribution in [-0.2, 0) is 12.8 Å². The van der Waals surface area contributed by atoms with Crippen molar-refractivity contribution in [3.63, 3.8) is 0 Å². The molecule has 0 saturated heterocycles. The van der Waals surface area contributed by atoms with E-state index < -0.39 is 11.6 Å². The molecule has 2 aromatic rings. The van der Waals surface area contributed by atoms with Crippen molar-refractivity contribution in [3.8, 4) is 11.8 Å². The van der Waals surface area contributed by atoms with E-state index in [0.717, 1.165) is 52.1 Å². The second-order valence-electron chi connectivity index (χ2n) is 7.65. The standard InChI is InChI=1S/C25H30F2N4S/c1-4-5-12-29-13-14-30-18-15-21(26)19(22(27)16-18)10-11-23-24(28-3)20-9-7-6-8-17(2)31-25(20)32-23/h8-9,15-16,28-30H,4-5,10-14H2,1-3H3/b17-8-,20-9-,31-17?,31-25-. The Morgan fingerprint density at radius 2 is 1.78 bits per heavy atom. The van der Waals surface area contributed by atoms with Crippen molar-refractivity contribution in [1.82, 2.24) is 5.32 Å². The average molecular weight is 457 g/mol. The van der Waals surface area contributed by atoms with Gasteiger partial charge in [-0.15, -0.1) is 11.3 Å². The van der Waals surface area contributed by atoms with Crippen LogP contribution in [0.4, 0.5) is 20.2 Å². The van der Waals surface area contributed by atoms with Gasteiger partial charge in [0.25, 0.3) is 0 Å². The first kappa shape index (κ1) is 24.0. The number of aryl methyl sites for hydroxylation is 1. The first-order chi connectivity index (χ1) is 15.5. The number of anilines is 2. The Kier molecular flexibility index (Phi) is 8.83. The van der Waals surface area contributed by atoms with Crippen LogP contribution < -0.4 is 25.8 Å². The predicted molar refractivity (Wildman–Crippen MR) is 131 cm³/mol. The average Bonchev–Trinajstić information content (AvgIpc) is 3.06. The third kappa shape index (κ3) is 6.18. The summed E-state index contributed by atoms with van der Waals surface area (Å²) < 4.78 is 30.3. The van der Waals surface area contributed by atoms with Gasteiger partial charge in [0, 0.05) is 59.3 Å². The largest absolute Gasteiger partial charge is 0.387 e. The molecule has 0 unspecified atom stereocenters. The van der Waals surface area contributed by atoms with Crippen LogP contribution in [-0.4, -0.2) is 26.7 Å². The van der Waals surface area contributed by atoms with Crippen LogP contribution in [0.5, 0.6) is 0 Å². The van der Waals surface area contributed by atoms with E-state index in [-0.39, 0.29) is 12.0 Å². The van der Waals surface area contributed by atoms with E-state index in [9.17, 15) is 8.78 Å². The summed E-state index contributed by atoms with van der Waals surface area (Å²) in [6.45, 7) is 6.37. The van der Waals surface area contributed by atoms with Gasteiger partial charge in [0.05, 0.1) is 5.69 Å². The second kappa shape index (κ2) is 11.8. The number of thiophene rings is 1. The summed E-state index contributed by atoms with van der Waals surface area (Å²) in [7, 11) is 1.84. The highest BCUT2D eigenvalue weighted by Gasteiger charge is 2.15.